The Bertz CT molecular complexity index is 438. The van der Waals surface area contributed by atoms with Crippen LogP contribution >= 0.6 is 0 Å². The zero-order valence-corrected chi connectivity index (χ0v) is 9.72. The van der Waals surface area contributed by atoms with Crippen molar-refractivity contribution in [3.8, 4) is 0 Å². The Morgan fingerprint density at radius 3 is 2.53 bits per heavy atom. The Kier molecular flexibility index (Phi) is 3.13. The van der Waals surface area contributed by atoms with Crippen molar-refractivity contribution in [1.82, 2.24) is 4.90 Å². The fourth-order valence-electron chi connectivity index (χ4n) is 2.17. The van der Waals surface area contributed by atoms with Crippen LogP contribution in [0.3, 0.4) is 0 Å². The molecule has 0 aromatic heterocycles. The van der Waals surface area contributed by atoms with Gasteiger partial charge in [-0.2, -0.15) is 0 Å². The number of carboxylic acid groups (broad SMARTS) is 1. The van der Waals surface area contributed by atoms with Crippen molar-refractivity contribution in [3.05, 3.63) is 35.4 Å². The van der Waals surface area contributed by atoms with E-state index in [9.17, 15) is 9.59 Å². The smallest absolute Gasteiger partial charge is 0.307 e. The molecule has 1 N–H and O–H groups in total. The van der Waals surface area contributed by atoms with Gasteiger partial charge in [0, 0.05) is 25.9 Å². The van der Waals surface area contributed by atoms with Gasteiger partial charge in [-0.3, -0.25) is 9.59 Å². The van der Waals surface area contributed by atoms with E-state index >= 15 is 0 Å². The van der Waals surface area contributed by atoms with Crippen molar-refractivity contribution in [2.45, 2.75) is 18.8 Å². The van der Waals surface area contributed by atoms with Crippen molar-refractivity contribution >= 4 is 11.9 Å². The number of hydrogen-bond acceptors (Lipinski definition) is 2. The van der Waals surface area contributed by atoms with Crippen LogP contribution in [0.5, 0.6) is 0 Å². The largest absolute Gasteiger partial charge is 0.481 e. The van der Waals surface area contributed by atoms with Crippen molar-refractivity contribution in [2.24, 2.45) is 0 Å². The Balaban J connectivity index is 2.08. The minimum Gasteiger partial charge on any atom is -0.481 e. The SMILES string of the molecule is CN1CC(c2ccc(CC(=O)O)cc2)CC1=O. The third kappa shape index (κ3) is 2.64. The van der Waals surface area contributed by atoms with Crippen LogP contribution in [-0.4, -0.2) is 35.5 Å². The van der Waals surface area contributed by atoms with Crippen LogP contribution in [0.4, 0.5) is 0 Å². The summed E-state index contributed by atoms with van der Waals surface area (Å²) in [7, 11) is 1.81. The number of carbonyl (C=O) groups is 2. The molecule has 1 atom stereocenters. The summed E-state index contributed by atoms with van der Waals surface area (Å²) < 4.78 is 0. The number of likely N-dealkylation sites (N-methyl/N-ethyl adjacent to an activating group) is 1. The molecule has 0 aliphatic carbocycles. The number of amides is 1. The van der Waals surface area contributed by atoms with Gasteiger partial charge in [0.25, 0.3) is 0 Å². The van der Waals surface area contributed by atoms with Crippen LogP contribution in [0.2, 0.25) is 0 Å². The van der Waals surface area contributed by atoms with Gasteiger partial charge in [-0.05, 0) is 11.1 Å². The molecule has 1 aliphatic rings. The summed E-state index contributed by atoms with van der Waals surface area (Å²) in [5, 5.41) is 8.67. The lowest BCUT2D eigenvalue weighted by Gasteiger charge is -2.10. The standard InChI is InChI=1S/C13H15NO3/c1-14-8-11(7-12(14)15)10-4-2-9(3-5-10)6-13(16)17/h2-5,11H,6-8H2,1H3,(H,16,17). The molecular formula is C13H15NO3. The Hall–Kier alpha value is -1.84. The highest BCUT2D eigenvalue weighted by atomic mass is 16.4. The molecule has 1 heterocycles. The van der Waals surface area contributed by atoms with Gasteiger partial charge >= 0.3 is 5.97 Å². The summed E-state index contributed by atoms with van der Waals surface area (Å²) in [6.45, 7) is 0.747. The molecule has 4 nitrogen and oxygen atoms in total. The molecular weight excluding hydrogens is 218 g/mol. The lowest BCUT2D eigenvalue weighted by atomic mass is 9.97. The summed E-state index contributed by atoms with van der Waals surface area (Å²) in [4.78, 5) is 23.7. The van der Waals surface area contributed by atoms with Crippen LogP contribution in [0.15, 0.2) is 24.3 Å². The minimum atomic E-state index is -0.825. The first-order valence-electron chi connectivity index (χ1n) is 5.61. The molecule has 1 aliphatic heterocycles. The van der Waals surface area contributed by atoms with Gasteiger partial charge in [-0.15, -0.1) is 0 Å². The molecule has 1 amide bonds. The van der Waals surface area contributed by atoms with E-state index in [0.717, 1.165) is 17.7 Å². The molecule has 0 saturated carbocycles. The number of rotatable bonds is 3. The Morgan fingerprint density at radius 1 is 1.41 bits per heavy atom. The minimum absolute atomic E-state index is 0.0454. The summed E-state index contributed by atoms with van der Waals surface area (Å²) in [6, 6.07) is 7.50. The molecule has 0 radical (unpaired) electrons. The normalized spacial score (nSPS) is 19.7. The van der Waals surface area contributed by atoms with Crippen molar-refractivity contribution < 1.29 is 14.7 Å². The predicted octanol–water partition coefficient (Wildman–Crippen LogP) is 1.26. The Labute approximate surface area is 99.9 Å². The highest BCUT2D eigenvalue weighted by molar-refractivity contribution is 5.79. The third-order valence-corrected chi connectivity index (χ3v) is 3.15. The fourth-order valence-corrected chi connectivity index (χ4v) is 2.17. The highest BCUT2D eigenvalue weighted by Gasteiger charge is 2.27. The lowest BCUT2D eigenvalue weighted by molar-refractivity contribution is -0.136. The predicted molar refractivity (Wildman–Crippen MR) is 62.8 cm³/mol. The van der Waals surface area contributed by atoms with Gasteiger partial charge in [0.1, 0.15) is 0 Å². The zero-order valence-electron chi connectivity index (χ0n) is 9.72. The van der Waals surface area contributed by atoms with Crippen molar-refractivity contribution in [3.63, 3.8) is 0 Å². The second kappa shape index (κ2) is 4.57. The van der Waals surface area contributed by atoms with E-state index < -0.39 is 5.97 Å². The molecule has 90 valence electrons. The quantitative estimate of drug-likeness (QED) is 0.855. The zero-order chi connectivity index (χ0) is 12.4. The van der Waals surface area contributed by atoms with E-state index in [2.05, 4.69) is 0 Å². The summed E-state index contributed by atoms with van der Waals surface area (Å²) >= 11 is 0. The van der Waals surface area contributed by atoms with E-state index in [4.69, 9.17) is 5.11 Å². The summed E-state index contributed by atoms with van der Waals surface area (Å²) in [5.41, 5.74) is 1.90. The monoisotopic (exact) mass is 233 g/mol. The maximum absolute atomic E-state index is 11.4. The van der Waals surface area contributed by atoms with Crippen LogP contribution in [-0.2, 0) is 16.0 Å². The van der Waals surface area contributed by atoms with E-state index in [1.165, 1.54) is 0 Å². The lowest BCUT2D eigenvalue weighted by Crippen LogP contribution is -2.18. The van der Waals surface area contributed by atoms with Gasteiger partial charge in [0.2, 0.25) is 5.91 Å². The van der Waals surface area contributed by atoms with E-state index in [1.807, 2.05) is 24.3 Å². The van der Waals surface area contributed by atoms with Crippen LogP contribution < -0.4 is 0 Å². The van der Waals surface area contributed by atoms with E-state index in [1.54, 1.807) is 11.9 Å². The number of benzene rings is 1. The molecule has 1 aromatic carbocycles. The molecule has 4 heteroatoms. The number of carboxylic acids is 1. The van der Waals surface area contributed by atoms with Gasteiger partial charge in [-0.25, -0.2) is 0 Å². The molecule has 1 aromatic rings. The van der Waals surface area contributed by atoms with Gasteiger partial charge in [0.05, 0.1) is 6.42 Å². The van der Waals surface area contributed by atoms with Gasteiger partial charge in [-0.1, -0.05) is 24.3 Å². The molecule has 1 saturated heterocycles. The average molecular weight is 233 g/mol. The first-order chi connectivity index (χ1) is 8.06. The van der Waals surface area contributed by atoms with E-state index in [0.29, 0.717) is 6.42 Å². The first-order valence-corrected chi connectivity index (χ1v) is 5.61. The van der Waals surface area contributed by atoms with Gasteiger partial charge in [0.15, 0.2) is 0 Å². The van der Waals surface area contributed by atoms with Crippen LogP contribution in [0, 0.1) is 0 Å². The molecule has 1 unspecified atom stereocenters. The first kappa shape index (κ1) is 11.6. The second-order valence-electron chi connectivity index (χ2n) is 4.49. The number of likely N-dealkylation sites (tertiary alicyclic amines) is 1. The summed E-state index contributed by atoms with van der Waals surface area (Å²) in [5.74, 6) is -0.412. The maximum atomic E-state index is 11.4. The fraction of sp³-hybridized carbons (Fsp3) is 0.385. The molecule has 0 spiro atoms. The number of hydrogen-bond donors (Lipinski definition) is 1. The highest BCUT2D eigenvalue weighted by Crippen LogP contribution is 2.27. The van der Waals surface area contributed by atoms with Crippen LogP contribution in [0.1, 0.15) is 23.5 Å². The number of aliphatic carboxylic acids is 1. The average Bonchev–Trinajstić information content (AvgIpc) is 2.59. The topological polar surface area (TPSA) is 57.6 Å². The van der Waals surface area contributed by atoms with Gasteiger partial charge < -0.3 is 10.0 Å². The Morgan fingerprint density at radius 2 is 2.06 bits per heavy atom. The maximum Gasteiger partial charge on any atom is 0.307 e. The van der Waals surface area contributed by atoms with Crippen molar-refractivity contribution in [1.29, 1.82) is 0 Å². The molecule has 2 rings (SSSR count). The molecule has 17 heavy (non-hydrogen) atoms. The second-order valence-corrected chi connectivity index (χ2v) is 4.49. The third-order valence-electron chi connectivity index (χ3n) is 3.15. The number of carbonyl (C=O) groups excluding carboxylic acids is 1. The molecule has 0 bridgehead atoms. The number of nitrogens with zero attached hydrogens (tertiary/aromatic N) is 1. The molecule has 1 fully saturated rings. The van der Waals surface area contributed by atoms with E-state index in [-0.39, 0.29) is 18.2 Å². The summed E-state index contributed by atoms with van der Waals surface area (Å²) in [6.07, 6.45) is 0.596. The van der Waals surface area contributed by atoms with Crippen LogP contribution in [0.25, 0.3) is 0 Å². The van der Waals surface area contributed by atoms with Crippen molar-refractivity contribution in [2.75, 3.05) is 13.6 Å².